The number of nitrogens with two attached hydrogens (primary N) is 1. The molecule has 0 aliphatic heterocycles. The van der Waals surface area contributed by atoms with Gasteiger partial charge in [0, 0.05) is 6.42 Å². The first-order valence-corrected chi connectivity index (χ1v) is 2.64. The first kappa shape index (κ1) is 8.33. The zero-order valence-corrected chi connectivity index (χ0v) is 5.16. The van der Waals surface area contributed by atoms with Gasteiger partial charge in [0.1, 0.15) is 0 Å². The summed E-state index contributed by atoms with van der Waals surface area (Å²) in [5.41, 5.74) is 4.54. The van der Waals surface area contributed by atoms with Crippen LogP contribution < -0.4 is 5.73 Å². The summed E-state index contributed by atoms with van der Waals surface area (Å²) in [5, 5.41) is 0. The van der Waals surface area contributed by atoms with Crippen LogP contribution in [0, 0.1) is 0 Å². The minimum Gasteiger partial charge on any atom is -0.369 e. The van der Waals surface area contributed by atoms with Gasteiger partial charge in [-0.2, -0.15) is 0 Å². The molecular weight excluding hydrogens is 128 g/mol. The number of alkyl halides is 2. The Balaban J connectivity index is 3.71. The minimum absolute atomic E-state index is 0.337. The fourth-order valence-electron chi connectivity index (χ4n) is 0.380. The van der Waals surface area contributed by atoms with Crippen LogP contribution in [0.4, 0.5) is 8.78 Å². The number of carbonyl (C=O) groups is 1. The second-order valence-electron chi connectivity index (χ2n) is 1.85. The standard InChI is InChI=1S/C5H9F2NO/c1-2-5(6,7)3-4(8)9/h2-3H2,1H3,(H2,8,9). The Labute approximate surface area is 52.0 Å². The highest BCUT2D eigenvalue weighted by Gasteiger charge is 2.28. The maximum Gasteiger partial charge on any atom is 0.256 e. The number of hydrogen-bond acceptors (Lipinski definition) is 1. The lowest BCUT2D eigenvalue weighted by Crippen LogP contribution is -2.24. The molecule has 0 fully saturated rings. The van der Waals surface area contributed by atoms with Crippen LogP contribution in [0.2, 0.25) is 0 Å². The highest BCUT2D eigenvalue weighted by Crippen LogP contribution is 2.20. The quantitative estimate of drug-likeness (QED) is 0.617. The summed E-state index contributed by atoms with van der Waals surface area (Å²) in [4.78, 5) is 9.92. The van der Waals surface area contributed by atoms with Gasteiger partial charge in [-0.1, -0.05) is 6.92 Å². The van der Waals surface area contributed by atoms with Crippen LogP contribution >= 0.6 is 0 Å². The van der Waals surface area contributed by atoms with Gasteiger partial charge < -0.3 is 5.73 Å². The number of rotatable bonds is 3. The van der Waals surface area contributed by atoms with E-state index >= 15 is 0 Å². The number of primary amides is 1. The van der Waals surface area contributed by atoms with E-state index in [9.17, 15) is 13.6 Å². The molecule has 0 spiro atoms. The molecule has 0 saturated carbocycles. The minimum atomic E-state index is -2.91. The maximum atomic E-state index is 12.1. The number of amides is 1. The van der Waals surface area contributed by atoms with Gasteiger partial charge in [0.15, 0.2) is 0 Å². The average Bonchev–Trinajstić information content (AvgIpc) is 1.63. The lowest BCUT2D eigenvalue weighted by Gasteiger charge is -2.09. The summed E-state index contributed by atoms with van der Waals surface area (Å²) in [5.74, 6) is -3.87. The van der Waals surface area contributed by atoms with Gasteiger partial charge in [0.05, 0.1) is 6.42 Å². The Morgan fingerprint density at radius 3 is 2.22 bits per heavy atom. The van der Waals surface area contributed by atoms with Crippen molar-refractivity contribution < 1.29 is 13.6 Å². The molecule has 0 unspecified atom stereocenters. The van der Waals surface area contributed by atoms with Crippen molar-refractivity contribution in [2.45, 2.75) is 25.7 Å². The Kier molecular flexibility index (Phi) is 2.55. The van der Waals surface area contributed by atoms with Gasteiger partial charge >= 0.3 is 0 Å². The highest BCUT2D eigenvalue weighted by molar-refractivity contribution is 5.74. The second kappa shape index (κ2) is 2.75. The number of carbonyl (C=O) groups excluding carboxylic acids is 1. The Hall–Kier alpha value is -0.670. The van der Waals surface area contributed by atoms with E-state index in [0.717, 1.165) is 0 Å². The molecule has 1 amide bonds. The van der Waals surface area contributed by atoms with Crippen molar-refractivity contribution in [1.82, 2.24) is 0 Å². The van der Waals surface area contributed by atoms with E-state index in [-0.39, 0.29) is 6.42 Å². The normalized spacial score (nSPS) is 11.4. The molecule has 0 radical (unpaired) electrons. The Morgan fingerprint density at radius 1 is 1.67 bits per heavy atom. The lowest BCUT2D eigenvalue weighted by atomic mass is 10.2. The van der Waals surface area contributed by atoms with Crippen molar-refractivity contribution in [3.63, 3.8) is 0 Å². The van der Waals surface area contributed by atoms with Gasteiger partial charge in [0.2, 0.25) is 5.91 Å². The zero-order chi connectivity index (χ0) is 7.49. The number of hydrogen-bond donors (Lipinski definition) is 1. The van der Waals surface area contributed by atoms with E-state index < -0.39 is 18.3 Å². The third-order valence-electron chi connectivity index (χ3n) is 0.950. The molecule has 9 heavy (non-hydrogen) atoms. The van der Waals surface area contributed by atoms with E-state index in [1.165, 1.54) is 6.92 Å². The summed E-state index contributed by atoms with van der Waals surface area (Å²) in [6.45, 7) is 1.31. The summed E-state index contributed by atoms with van der Waals surface area (Å²) in [6, 6.07) is 0. The fraction of sp³-hybridized carbons (Fsp3) is 0.800. The van der Waals surface area contributed by atoms with Gasteiger partial charge in [-0.05, 0) is 0 Å². The van der Waals surface area contributed by atoms with Gasteiger partial charge in [0.25, 0.3) is 5.92 Å². The van der Waals surface area contributed by atoms with Gasteiger partial charge in [-0.25, -0.2) is 8.78 Å². The molecule has 0 aliphatic rings. The third kappa shape index (κ3) is 3.88. The lowest BCUT2D eigenvalue weighted by molar-refractivity contribution is -0.125. The Bertz CT molecular complexity index is 114. The first-order valence-electron chi connectivity index (χ1n) is 2.64. The van der Waals surface area contributed by atoms with E-state index in [0.29, 0.717) is 0 Å². The Morgan fingerprint density at radius 2 is 2.11 bits per heavy atom. The third-order valence-corrected chi connectivity index (χ3v) is 0.950. The van der Waals surface area contributed by atoms with Gasteiger partial charge in [-0.15, -0.1) is 0 Å². The molecule has 2 N–H and O–H groups in total. The molecule has 0 saturated heterocycles. The molecule has 0 bridgehead atoms. The highest BCUT2D eigenvalue weighted by atomic mass is 19.3. The molecule has 0 aliphatic carbocycles. The fourth-order valence-corrected chi connectivity index (χ4v) is 0.380. The van der Waals surface area contributed by atoms with Crippen molar-refractivity contribution in [2.75, 3.05) is 0 Å². The molecule has 2 nitrogen and oxygen atoms in total. The van der Waals surface area contributed by atoms with Crippen LogP contribution in [-0.2, 0) is 4.79 Å². The molecule has 0 atom stereocenters. The predicted octanol–water partition coefficient (Wildman–Crippen LogP) is 0.907. The van der Waals surface area contributed by atoms with Gasteiger partial charge in [-0.3, -0.25) is 4.79 Å². The van der Waals surface area contributed by atoms with Crippen molar-refractivity contribution in [3.05, 3.63) is 0 Å². The molecular formula is C5H9F2NO. The molecule has 0 rings (SSSR count). The number of halogens is 2. The largest absolute Gasteiger partial charge is 0.369 e. The zero-order valence-electron chi connectivity index (χ0n) is 5.16. The van der Waals surface area contributed by atoms with Crippen LogP contribution in [0.25, 0.3) is 0 Å². The van der Waals surface area contributed by atoms with Crippen LogP contribution in [0.5, 0.6) is 0 Å². The average molecular weight is 137 g/mol. The first-order chi connectivity index (χ1) is 3.98. The molecule has 54 valence electrons. The SMILES string of the molecule is CCC(F)(F)CC(N)=O. The molecule has 0 aromatic heterocycles. The van der Waals surface area contributed by atoms with E-state index in [2.05, 4.69) is 5.73 Å². The summed E-state index contributed by atoms with van der Waals surface area (Å²) >= 11 is 0. The summed E-state index contributed by atoms with van der Waals surface area (Å²) in [7, 11) is 0. The van der Waals surface area contributed by atoms with E-state index in [4.69, 9.17) is 0 Å². The smallest absolute Gasteiger partial charge is 0.256 e. The maximum absolute atomic E-state index is 12.1. The molecule has 0 aromatic carbocycles. The summed E-state index contributed by atoms with van der Waals surface area (Å²) in [6.07, 6.45) is -1.18. The van der Waals surface area contributed by atoms with Crippen molar-refractivity contribution in [1.29, 1.82) is 0 Å². The summed E-state index contributed by atoms with van der Waals surface area (Å²) < 4.78 is 24.2. The van der Waals surface area contributed by atoms with Crippen molar-refractivity contribution in [3.8, 4) is 0 Å². The van der Waals surface area contributed by atoms with E-state index in [1.54, 1.807) is 0 Å². The van der Waals surface area contributed by atoms with Crippen LogP contribution in [0.1, 0.15) is 19.8 Å². The second-order valence-corrected chi connectivity index (χ2v) is 1.85. The van der Waals surface area contributed by atoms with Crippen molar-refractivity contribution >= 4 is 5.91 Å². The monoisotopic (exact) mass is 137 g/mol. The van der Waals surface area contributed by atoms with Crippen molar-refractivity contribution in [2.24, 2.45) is 5.73 Å². The predicted molar refractivity (Wildman–Crippen MR) is 29.0 cm³/mol. The van der Waals surface area contributed by atoms with Crippen LogP contribution in [-0.4, -0.2) is 11.8 Å². The van der Waals surface area contributed by atoms with Crippen LogP contribution in [0.15, 0.2) is 0 Å². The topological polar surface area (TPSA) is 43.1 Å². The molecule has 4 heteroatoms. The van der Waals surface area contributed by atoms with Crippen LogP contribution in [0.3, 0.4) is 0 Å². The molecule has 0 aromatic rings. The van der Waals surface area contributed by atoms with E-state index in [1.807, 2.05) is 0 Å². The molecule has 0 heterocycles.